The van der Waals surface area contributed by atoms with E-state index in [1.54, 1.807) is 35.0 Å². The van der Waals surface area contributed by atoms with Crippen LogP contribution in [0.2, 0.25) is 0 Å². The molecule has 1 fully saturated rings. The molecular formula is C28H27N7O2. The largest absolute Gasteiger partial charge is 0.352 e. The molecule has 0 saturated carbocycles. The summed E-state index contributed by atoms with van der Waals surface area (Å²) in [5.74, 6) is 0.406. The standard InChI is InChI=1S/C28H27N7O2/c1-19-7-9-20(10-8-19)18-35-25-24(6-3-13-30-25)33-26(27(35)36)34-14-11-22(12-15-34)31-28(37)32-23-5-2-4-21(16-23)17-29/h2-10,13,16,22H,11-12,14-15,18H2,1H3,(H2,31,32,37). The van der Waals surface area contributed by atoms with Crippen molar-refractivity contribution in [1.29, 1.82) is 5.26 Å². The number of amides is 2. The van der Waals surface area contributed by atoms with E-state index in [-0.39, 0.29) is 17.6 Å². The van der Waals surface area contributed by atoms with Gasteiger partial charge in [-0.1, -0.05) is 35.9 Å². The zero-order chi connectivity index (χ0) is 25.8. The fourth-order valence-electron chi connectivity index (χ4n) is 4.55. The van der Waals surface area contributed by atoms with Crippen LogP contribution in [-0.2, 0) is 6.54 Å². The summed E-state index contributed by atoms with van der Waals surface area (Å²) in [6.07, 6.45) is 3.03. The SMILES string of the molecule is Cc1ccc(Cn2c(=O)c(N3CCC(NC(=O)Nc4cccc(C#N)c4)CC3)nc3cccnc32)cc1. The number of hydrogen-bond donors (Lipinski definition) is 2. The highest BCUT2D eigenvalue weighted by Gasteiger charge is 2.25. The van der Waals surface area contributed by atoms with Crippen LogP contribution in [0, 0.1) is 18.3 Å². The first kappa shape index (κ1) is 24.0. The van der Waals surface area contributed by atoms with Crippen LogP contribution in [-0.4, -0.2) is 39.7 Å². The Balaban J connectivity index is 1.30. The van der Waals surface area contributed by atoms with E-state index in [1.165, 1.54) is 0 Å². The number of piperidine rings is 1. The first-order chi connectivity index (χ1) is 18.0. The Labute approximate surface area is 214 Å². The number of fused-ring (bicyclic) bond motifs is 1. The van der Waals surface area contributed by atoms with Crippen molar-refractivity contribution in [1.82, 2.24) is 19.9 Å². The zero-order valence-electron chi connectivity index (χ0n) is 20.5. The predicted molar refractivity (Wildman–Crippen MR) is 143 cm³/mol. The number of pyridine rings is 1. The molecule has 4 aromatic rings. The number of nitrogens with one attached hydrogen (secondary N) is 2. The third kappa shape index (κ3) is 5.43. The van der Waals surface area contributed by atoms with Gasteiger partial charge in [0.25, 0.3) is 5.56 Å². The Morgan fingerprint density at radius 2 is 1.89 bits per heavy atom. The zero-order valence-corrected chi connectivity index (χ0v) is 20.5. The average Bonchev–Trinajstić information content (AvgIpc) is 2.92. The van der Waals surface area contributed by atoms with Crippen molar-refractivity contribution >= 4 is 28.7 Å². The highest BCUT2D eigenvalue weighted by Crippen LogP contribution is 2.19. The Bertz CT molecular complexity index is 1530. The molecule has 0 aliphatic carbocycles. The van der Waals surface area contributed by atoms with Crippen molar-refractivity contribution in [2.24, 2.45) is 0 Å². The van der Waals surface area contributed by atoms with Crippen LogP contribution in [0.3, 0.4) is 0 Å². The van der Waals surface area contributed by atoms with Gasteiger partial charge in [0.05, 0.1) is 18.2 Å². The van der Waals surface area contributed by atoms with Crippen LogP contribution >= 0.6 is 0 Å². The average molecular weight is 494 g/mol. The van der Waals surface area contributed by atoms with Gasteiger partial charge in [0.15, 0.2) is 11.5 Å². The van der Waals surface area contributed by atoms with E-state index < -0.39 is 0 Å². The summed E-state index contributed by atoms with van der Waals surface area (Å²) in [7, 11) is 0. The molecule has 2 amide bonds. The van der Waals surface area contributed by atoms with Gasteiger partial charge in [-0.2, -0.15) is 5.26 Å². The number of anilines is 2. The lowest BCUT2D eigenvalue weighted by Crippen LogP contribution is -2.47. The molecule has 0 radical (unpaired) electrons. The fourth-order valence-corrected chi connectivity index (χ4v) is 4.55. The normalized spacial score (nSPS) is 13.8. The van der Waals surface area contributed by atoms with E-state index in [1.807, 2.05) is 48.2 Å². The van der Waals surface area contributed by atoms with Gasteiger partial charge < -0.3 is 15.5 Å². The number of hydrogen-bond acceptors (Lipinski definition) is 6. The van der Waals surface area contributed by atoms with Crippen LogP contribution in [0.25, 0.3) is 11.2 Å². The molecule has 37 heavy (non-hydrogen) atoms. The summed E-state index contributed by atoms with van der Waals surface area (Å²) >= 11 is 0. The van der Waals surface area contributed by atoms with E-state index in [4.69, 9.17) is 5.26 Å². The van der Waals surface area contributed by atoms with Gasteiger partial charge in [-0.25, -0.2) is 14.8 Å². The summed E-state index contributed by atoms with van der Waals surface area (Å²) in [5, 5.41) is 14.8. The molecule has 0 spiro atoms. The second-order valence-electron chi connectivity index (χ2n) is 9.21. The van der Waals surface area contributed by atoms with Gasteiger partial charge in [-0.05, 0) is 55.7 Å². The number of nitrogens with zero attached hydrogens (tertiary/aromatic N) is 5. The molecule has 0 atom stereocenters. The number of carbonyl (C=O) groups is 1. The highest BCUT2D eigenvalue weighted by atomic mass is 16.2. The number of aryl methyl sites for hydroxylation is 1. The number of nitriles is 1. The van der Waals surface area contributed by atoms with Crippen molar-refractivity contribution in [2.45, 2.75) is 32.4 Å². The summed E-state index contributed by atoms with van der Waals surface area (Å²) < 4.78 is 1.69. The maximum Gasteiger partial charge on any atom is 0.319 e. The van der Waals surface area contributed by atoms with Crippen molar-refractivity contribution in [3.05, 3.63) is 93.9 Å². The smallest absolute Gasteiger partial charge is 0.319 e. The highest BCUT2D eigenvalue weighted by molar-refractivity contribution is 5.89. The number of carbonyl (C=O) groups excluding carboxylic acids is 1. The van der Waals surface area contributed by atoms with E-state index in [2.05, 4.69) is 26.7 Å². The molecule has 186 valence electrons. The summed E-state index contributed by atoms with van der Waals surface area (Å²) in [4.78, 5) is 37.2. The van der Waals surface area contributed by atoms with Crippen LogP contribution in [0.4, 0.5) is 16.3 Å². The number of benzene rings is 2. The molecule has 3 heterocycles. The third-order valence-corrected chi connectivity index (χ3v) is 6.53. The van der Waals surface area contributed by atoms with Crippen molar-refractivity contribution in [3.63, 3.8) is 0 Å². The molecular weight excluding hydrogens is 466 g/mol. The number of rotatable bonds is 5. The lowest BCUT2D eigenvalue weighted by molar-refractivity contribution is 0.246. The molecule has 0 bridgehead atoms. The van der Waals surface area contributed by atoms with Crippen LogP contribution < -0.4 is 21.1 Å². The molecule has 9 heteroatoms. The minimum Gasteiger partial charge on any atom is -0.352 e. The van der Waals surface area contributed by atoms with Gasteiger partial charge in [0, 0.05) is 31.0 Å². The second-order valence-corrected chi connectivity index (χ2v) is 9.21. The topological polar surface area (TPSA) is 116 Å². The quantitative estimate of drug-likeness (QED) is 0.437. The number of aromatic nitrogens is 3. The van der Waals surface area contributed by atoms with Crippen molar-refractivity contribution < 1.29 is 4.79 Å². The first-order valence-corrected chi connectivity index (χ1v) is 12.2. The fraction of sp³-hybridized carbons (Fsp3) is 0.250. The minimum absolute atomic E-state index is 0.0349. The Morgan fingerprint density at radius 1 is 1.11 bits per heavy atom. The molecule has 5 rings (SSSR count). The molecule has 1 aliphatic heterocycles. The minimum atomic E-state index is -0.316. The molecule has 1 aliphatic rings. The first-order valence-electron chi connectivity index (χ1n) is 12.2. The van der Waals surface area contributed by atoms with Crippen LogP contribution in [0.5, 0.6) is 0 Å². The van der Waals surface area contributed by atoms with Crippen LogP contribution in [0.1, 0.15) is 29.5 Å². The number of urea groups is 1. The Morgan fingerprint density at radius 3 is 2.65 bits per heavy atom. The Hall–Kier alpha value is -4.71. The summed E-state index contributed by atoms with van der Waals surface area (Å²) in [6, 6.07) is 20.3. The molecule has 2 aromatic heterocycles. The summed E-state index contributed by atoms with van der Waals surface area (Å²) in [5.41, 5.74) is 4.29. The molecule has 2 N–H and O–H groups in total. The molecule has 2 aromatic carbocycles. The monoisotopic (exact) mass is 493 g/mol. The maximum atomic E-state index is 13.6. The third-order valence-electron chi connectivity index (χ3n) is 6.53. The van der Waals surface area contributed by atoms with E-state index in [0.717, 1.165) is 11.1 Å². The summed E-state index contributed by atoms with van der Waals surface area (Å²) in [6.45, 7) is 3.62. The maximum absolute atomic E-state index is 13.6. The molecule has 0 unspecified atom stereocenters. The van der Waals surface area contributed by atoms with Crippen molar-refractivity contribution in [2.75, 3.05) is 23.3 Å². The van der Waals surface area contributed by atoms with Crippen LogP contribution in [0.15, 0.2) is 71.7 Å². The van der Waals surface area contributed by atoms with E-state index >= 15 is 0 Å². The van der Waals surface area contributed by atoms with Crippen molar-refractivity contribution in [3.8, 4) is 6.07 Å². The van der Waals surface area contributed by atoms with Gasteiger partial charge in [0.2, 0.25) is 0 Å². The lowest BCUT2D eigenvalue weighted by Gasteiger charge is -2.33. The van der Waals surface area contributed by atoms with E-state index in [9.17, 15) is 9.59 Å². The van der Waals surface area contributed by atoms with E-state index in [0.29, 0.717) is 60.7 Å². The molecule has 9 nitrogen and oxygen atoms in total. The van der Waals surface area contributed by atoms with Gasteiger partial charge in [0.1, 0.15) is 5.52 Å². The van der Waals surface area contributed by atoms with Gasteiger partial charge in [-0.15, -0.1) is 0 Å². The lowest BCUT2D eigenvalue weighted by atomic mass is 10.1. The van der Waals surface area contributed by atoms with Gasteiger partial charge >= 0.3 is 6.03 Å². The Kier molecular flexibility index (Phi) is 6.81. The predicted octanol–water partition coefficient (Wildman–Crippen LogP) is 3.81. The van der Waals surface area contributed by atoms with Gasteiger partial charge in [-0.3, -0.25) is 9.36 Å². The second kappa shape index (κ2) is 10.5. The molecule has 1 saturated heterocycles.